The summed E-state index contributed by atoms with van der Waals surface area (Å²) < 4.78 is 6.07. The molecule has 5 heteroatoms. The molecule has 1 saturated heterocycles. The Balaban J connectivity index is 1.28. The molecule has 4 aromatic rings. The lowest BCUT2D eigenvalue weighted by Crippen LogP contribution is -2.43. The third-order valence-corrected chi connectivity index (χ3v) is 7.76. The lowest BCUT2D eigenvalue weighted by Gasteiger charge is -2.42. The van der Waals surface area contributed by atoms with E-state index in [0.717, 1.165) is 47.1 Å². The van der Waals surface area contributed by atoms with Crippen molar-refractivity contribution in [1.82, 2.24) is 10.2 Å². The SMILES string of the molecule is COC1(c2ccc(C)cc2)CCN(c2ccc(-c3nnc(-c4ccc(C)cc4)s3)cc2)CC1. The number of nitrogens with zero attached hydrogens (tertiary/aromatic N) is 3. The summed E-state index contributed by atoms with van der Waals surface area (Å²) in [5.74, 6) is 0. The number of ether oxygens (including phenoxy) is 1. The van der Waals surface area contributed by atoms with Crippen LogP contribution in [0.25, 0.3) is 21.1 Å². The molecule has 0 atom stereocenters. The average molecular weight is 456 g/mol. The fraction of sp³-hybridized carbons (Fsp3) is 0.286. The summed E-state index contributed by atoms with van der Waals surface area (Å²) in [5, 5.41) is 10.8. The van der Waals surface area contributed by atoms with Gasteiger partial charge >= 0.3 is 0 Å². The molecule has 1 fully saturated rings. The number of methoxy groups -OCH3 is 1. The summed E-state index contributed by atoms with van der Waals surface area (Å²) in [6.45, 7) is 6.16. The van der Waals surface area contributed by atoms with Crippen LogP contribution in [0.2, 0.25) is 0 Å². The number of piperidine rings is 1. The first-order valence-corrected chi connectivity index (χ1v) is 12.3. The van der Waals surface area contributed by atoms with Crippen LogP contribution in [0, 0.1) is 13.8 Å². The third kappa shape index (κ3) is 4.43. The maximum absolute atomic E-state index is 6.07. The van der Waals surface area contributed by atoms with Gasteiger partial charge in [-0.25, -0.2) is 0 Å². The quantitative estimate of drug-likeness (QED) is 0.338. The maximum atomic E-state index is 6.07. The van der Waals surface area contributed by atoms with E-state index in [1.807, 2.05) is 7.11 Å². The Morgan fingerprint density at radius 3 is 1.73 bits per heavy atom. The minimum Gasteiger partial charge on any atom is -0.373 e. The summed E-state index contributed by atoms with van der Waals surface area (Å²) in [6, 6.07) is 26.0. The van der Waals surface area contributed by atoms with Crippen molar-refractivity contribution < 1.29 is 4.74 Å². The lowest BCUT2D eigenvalue weighted by atomic mass is 9.83. The molecule has 1 aliphatic rings. The largest absolute Gasteiger partial charge is 0.373 e. The molecule has 2 heterocycles. The number of aryl methyl sites for hydroxylation is 2. The number of aromatic nitrogens is 2. The van der Waals surface area contributed by atoms with Crippen LogP contribution in [0.5, 0.6) is 0 Å². The summed E-state index contributed by atoms with van der Waals surface area (Å²) in [4.78, 5) is 2.45. The van der Waals surface area contributed by atoms with E-state index in [2.05, 4.69) is 102 Å². The van der Waals surface area contributed by atoms with E-state index in [4.69, 9.17) is 4.74 Å². The van der Waals surface area contributed by atoms with E-state index >= 15 is 0 Å². The molecule has 1 aromatic heterocycles. The Labute approximate surface area is 199 Å². The minimum absolute atomic E-state index is 0.191. The maximum Gasteiger partial charge on any atom is 0.148 e. The zero-order valence-electron chi connectivity index (χ0n) is 19.4. The molecule has 0 saturated carbocycles. The van der Waals surface area contributed by atoms with Crippen molar-refractivity contribution in [2.24, 2.45) is 0 Å². The molecular formula is C28H29N3OS. The first-order valence-electron chi connectivity index (χ1n) is 11.4. The Bertz CT molecular complexity index is 1210. The highest BCUT2D eigenvalue weighted by Gasteiger charge is 2.36. The van der Waals surface area contributed by atoms with E-state index in [0.29, 0.717) is 0 Å². The van der Waals surface area contributed by atoms with Crippen molar-refractivity contribution in [3.05, 3.63) is 89.5 Å². The monoisotopic (exact) mass is 455 g/mol. The van der Waals surface area contributed by atoms with Gasteiger partial charge in [0.2, 0.25) is 0 Å². The smallest absolute Gasteiger partial charge is 0.148 e. The molecule has 0 radical (unpaired) electrons. The number of benzene rings is 3. The highest BCUT2D eigenvalue weighted by molar-refractivity contribution is 7.17. The fourth-order valence-corrected chi connectivity index (χ4v) is 5.42. The number of hydrogen-bond acceptors (Lipinski definition) is 5. The normalized spacial score (nSPS) is 15.5. The van der Waals surface area contributed by atoms with Gasteiger partial charge in [-0.1, -0.05) is 71.0 Å². The molecule has 0 unspecified atom stereocenters. The standard InChI is InChI=1S/C28H29N3OS/c1-20-4-8-22(9-5-20)26-29-30-27(33-26)23-10-14-25(15-11-23)31-18-16-28(32-3,17-19-31)24-12-6-21(2)7-13-24/h4-15H,16-19H2,1-3H3. The van der Waals surface area contributed by atoms with Gasteiger partial charge in [-0.2, -0.15) is 0 Å². The van der Waals surface area contributed by atoms with Crippen molar-refractivity contribution in [3.63, 3.8) is 0 Å². The van der Waals surface area contributed by atoms with Gasteiger partial charge in [0.05, 0.1) is 5.60 Å². The Morgan fingerprint density at radius 1 is 0.727 bits per heavy atom. The van der Waals surface area contributed by atoms with Crippen LogP contribution in [0.1, 0.15) is 29.5 Å². The first-order chi connectivity index (χ1) is 16.1. The van der Waals surface area contributed by atoms with Crippen molar-refractivity contribution in [3.8, 4) is 21.1 Å². The van der Waals surface area contributed by atoms with Gasteiger partial charge in [-0.05, 0) is 56.5 Å². The molecule has 0 aliphatic carbocycles. The van der Waals surface area contributed by atoms with Crippen LogP contribution < -0.4 is 4.90 Å². The summed E-state index contributed by atoms with van der Waals surface area (Å²) in [7, 11) is 1.84. The Hall–Kier alpha value is -3.02. The second kappa shape index (κ2) is 9.08. The van der Waals surface area contributed by atoms with E-state index in [9.17, 15) is 0 Å². The predicted octanol–water partition coefficient (Wildman–Crippen LogP) is 6.63. The van der Waals surface area contributed by atoms with Crippen LogP contribution in [0.4, 0.5) is 5.69 Å². The van der Waals surface area contributed by atoms with Crippen LogP contribution in [0.15, 0.2) is 72.8 Å². The minimum atomic E-state index is -0.191. The zero-order chi connectivity index (χ0) is 22.8. The van der Waals surface area contributed by atoms with Crippen molar-refractivity contribution in [2.45, 2.75) is 32.3 Å². The molecule has 5 rings (SSSR count). The zero-order valence-corrected chi connectivity index (χ0v) is 20.2. The summed E-state index contributed by atoms with van der Waals surface area (Å²) in [5.41, 5.74) is 7.09. The van der Waals surface area contributed by atoms with Gasteiger partial charge in [0, 0.05) is 37.0 Å². The van der Waals surface area contributed by atoms with Gasteiger partial charge < -0.3 is 9.64 Å². The Morgan fingerprint density at radius 2 is 1.21 bits per heavy atom. The van der Waals surface area contributed by atoms with Gasteiger partial charge in [-0.3, -0.25) is 0 Å². The number of hydrogen-bond donors (Lipinski definition) is 0. The number of rotatable bonds is 5. The van der Waals surface area contributed by atoms with E-state index in [1.165, 1.54) is 22.4 Å². The molecule has 168 valence electrons. The van der Waals surface area contributed by atoms with E-state index in [1.54, 1.807) is 11.3 Å². The van der Waals surface area contributed by atoms with Gasteiger partial charge in [-0.15, -0.1) is 10.2 Å². The van der Waals surface area contributed by atoms with E-state index in [-0.39, 0.29) is 5.60 Å². The molecule has 0 amide bonds. The highest BCUT2D eigenvalue weighted by Crippen LogP contribution is 2.38. The van der Waals surface area contributed by atoms with Crippen LogP contribution in [-0.2, 0) is 10.3 Å². The molecule has 4 nitrogen and oxygen atoms in total. The van der Waals surface area contributed by atoms with E-state index < -0.39 is 0 Å². The lowest BCUT2D eigenvalue weighted by molar-refractivity contribution is -0.0346. The highest BCUT2D eigenvalue weighted by atomic mass is 32.1. The van der Waals surface area contributed by atoms with Crippen LogP contribution in [-0.4, -0.2) is 30.4 Å². The Kier molecular flexibility index (Phi) is 6.00. The average Bonchev–Trinajstić information content (AvgIpc) is 3.35. The van der Waals surface area contributed by atoms with Gasteiger partial charge in [0.1, 0.15) is 10.0 Å². The molecule has 33 heavy (non-hydrogen) atoms. The van der Waals surface area contributed by atoms with Crippen molar-refractivity contribution in [2.75, 3.05) is 25.1 Å². The fourth-order valence-electron chi connectivity index (χ4n) is 4.56. The number of anilines is 1. The molecule has 3 aromatic carbocycles. The van der Waals surface area contributed by atoms with Gasteiger partial charge in [0.25, 0.3) is 0 Å². The molecule has 0 spiro atoms. The molecular weight excluding hydrogens is 426 g/mol. The third-order valence-electron chi connectivity index (χ3n) is 6.74. The molecule has 0 N–H and O–H groups in total. The van der Waals surface area contributed by atoms with Crippen LogP contribution >= 0.6 is 11.3 Å². The second-order valence-corrected chi connectivity index (χ2v) is 9.85. The van der Waals surface area contributed by atoms with Gasteiger partial charge in [0.15, 0.2) is 0 Å². The molecule has 1 aliphatic heterocycles. The topological polar surface area (TPSA) is 38.2 Å². The predicted molar refractivity (Wildman–Crippen MR) is 137 cm³/mol. The van der Waals surface area contributed by atoms with Crippen molar-refractivity contribution in [1.29, 1.82) is 0 Å². The summed E-state index contributed by atoms with van der Waals surface area (Å²) in [6.07, 6.45) is 1.95. The summed E-state index contributed by atoms with van der Waals surface area (Å²) >= 11 is 1.64. The first kappa shape index (κ1) is 21.8. The van der Waals surface area contributed by atoms with Crippen LogP contribution in [0.3, 0.4) is 0 Å². The molecule has 0 bridgehead atoms. The van der Waals surface area contributed by atoms with Crippen molar-refractivity contribution >= 4 is 17.0 Å². The second-order valence-electron chi connectivity index (χ2n) is 8.88.